The van der Waals surface area contributed by atoms with Crippen LogP contribution in [0, 0.1) is 0 Å². The molecule has 0 spiro atoms. The van der Waals surface area contributed by atoms with Crippen molar-refractivity contribution >= 4 is 16.9 Å². The van der Waals surface area contributed by atoms with Gasteiger partial charge in [-0.25, -0.2) is 9.97 Å². The van der Waals surface area contributed by atoms with Crippen LogP contribution in [0.2, 0.25) is 0 Å². The standard InChI is InChI=1S/C16H18N6/c1-18-21-16(17)13-9-14-15(19-10-22(14)2)12(20-13)8-11-6-4-3-5-7-11/h3-7,9-10,18H,8H2,1-2H3,(H2,17,21). The lowest BCUT2D eigenvalue weighted by molar-refractivity contribution is 0.894. The molecule has 0 unspecified atom stereocenters. The van der Waals surface area contributed by atoms with Crippen LogP contribution in [-0.4, -0.2) is 27.4 Å². The number of nitrogens with one attached hydrogen (secondary N) is 1. The predicted molar refractivity (Wildman–Crippen MR) is 87.5 cm³/mol. The van der Waals surface area contributed by atoms with Crippen LogP contribution in [0.4, 0.5) is 0 Å². The van der Waals surface area contributed by atoms with Crippen molar-refractivity contribution in [1.82, 2.24) is 20.0 Å². The largest absolute Gasteiger partial charge is 0.380 e. The Morgan fingerprint density at radius 3 is 2.82 bits per heavy atom. The molecule has 6 heteroatoms. The molecule has 0 amide bonds. The van der Waals surface area contributed by atoms with E-state index in [1.807, 2.05) is 35.9 Å². The molecular formula is C16H18N6. The van der Waals surface area contributed by atoms with E-state index >= 15 is 0 Å². The summed E-state index contributed by atoms with van der Waals surface area (Å²) in [6.45, 7) is 0. The SMILES string of the molecule is CNN=C(N)c1cc2c(ncn2C)c(Cc2ccccc2)n1. The molecule has 0 aliphatic heterocycles. The summed E-state index contributed by atoms with van der Waals surface area (Å²) in [4.78, 5) is 9.12. The molecule has 2 aromatic heterocycles. The van der Waals surface area contributed by atoms with Crippen molar-refractivity contribution in [2.75, 3.05) is 7.05 Å². The number of nitrogens with zero attached hydrogens (tertiary/aromatic N) is 4. The van der Waals surface area contributed by atoms with Crippen LogP contribution in [0.3, 0.4) is 0 Å². The zero-order valence-corrected chi connectivity index (χ0v) is 12.6. The van der Waals surface area contributed by atoms with Crippen LogP contribution in [0.5, 0.6) is 0 Å². The number of amidine groups is 1. The predicted octanol–water partition coefficient (Wildman–Crippen LogP) is 1.40. The first-order chi connectivity index (χ1) is 10.7. The number of fused-ring (bicyclic) bond motifs is 1. The van der Waals surface area contributed by atoms with E-state index in [0.29, 0.717) is 18.0 Å². The monoisotopic (exact) mass is 294 g/mol. The quantitative estimate of drug-likeness (QED) is 0.433. The average Bonchev–Trinajstić information content (AvgIpc) is 2.90. The van der Waals surface area contributed by atoms with E-state index in [4.69, 9.17) is 5.73 Å². The van der Waals surface area contributed by atoms with Gasteiger partial charge in [-0.15, -0.1) is 0 Å². The number of aryl methyl sites for hydroxylation is 1. The summed E-state index contributed by atoms with van der Waals surface area (Å²) in [5.41, 5.74) is 13.3. The van der Waals surface area contributed by atoms with Gasteiger partial charge in [-0.2, -0.15) is 5.10 Å². The molecular weight excluding hydrogens is 276 g/mol. The highest BCUT2D eigenvalue weighted by Gasteiger charge is 2.13. The number of hydrogen-bond acceptors (Lipinski definition) is 4. The molecule has 2 heterocycles. The Morgan fingerprint density at radius 2 is 2.09 bits per heavy atom. The van der Waals surface area contributed by atoms with Crippen LogP contribution in [0.15, 0.2) is 47.8 Å². The molecule has 0 bridgehead atoms. The van der Waals surface area contributed by atoms with E-state index in [9.17, 15) is 0 Å². The third-order valence-corrected chi connectivity index (χ3v) is 3.49. The van der Waals surface area contributed by atoms with Crippen molar-refractivity contribution < 1.29 is 0 Å². The summed E-state index contributed by atoms with van der Waals surface area (Å²) >= 11 is 0. The van der Waals surface area contributed by atoms with Gasteiger partial charge in [0.15, 0.2) is 5.84 Å². The Bertz CT molecular complexity index is 819. The first-order valence-corrected chi connectivity index (χ1v) is 7.04. The highest BCUT2D eigenvalue weighted by molar-refractivity contribution is 5.98. The third kappa shape index (κ3) is 2.63. The summed E-state index contributed by atoms with van der Waals surface area (Å²) in [7, 11) is 3.66. The molecule has 22 heavy (non-hydrogen) atoms. The number of imidazole rings is 1. The average molecular weight is 294 g/mol. The number of aromatic nitrogens is 3. The van der Waals surface area contributed by atoms with Crippen molar-refractivity contribution in [2.24, 2.45) is 17.9 Å². The van der Waals surface area contributed by atoms with Crippen molar-refractivity contribution in [3.63, 3.8) is 0 Å². The number of benzene rings is 1. The molecule has 112 valence electrons. The first-order valence-electron chi connectivity index (χ1n) is 7.04. The minimum atomic E-state index is 0.361. The second kappa shape index (κ2) is 5.85. The van der Waals surface area contributed by atoms with Crippen molar-refractivity contribution in [3.05, 3.63) is 59.7 Å². The second-order valence-corrected chi connectivity index (χ2v) is 5.06. The zero-order valence-electron chi connectivity index (χ0n) is 12.6. The fourth-order valence-electron chi connectivity index (χ4n) is 2.41. The summed E-state index contributed by atoms with van der Waals surface area (Å²) in [6.07, 6.45) is 2.49. The highest BCUT2D eigenvalue weighted by Crippen LogP contribution is 2.19. The highest BCUT2D eigenvalue weighted by atomic mass is 15.3. The Labute approximate surface area is 128 Å². The molecule has 0 fully saturated rings. The number of hydrogen-bond donors (Lipinski definition) is 2. The van der Waals surface area contributed by atoms with Gasteiger partial charge in [-0.05, 0) is 11.6 Å². The molecule has 3 N–H and O–H groups in total. The molecule has 0 atom stereocenters. The normalized spacial score (nSPS) is 11.8. The molecule has 3 rings (SSSR count). The second-order valence-electron chi connectivity index (χ2n) is 5.06. The number of hydrazone groups is 1. The van der Waals surface area contributed by atoms with Gasteiger partial charge in [0.2, 0.25) is 0 Å². The summed E-state index contributed by atoms with van der Waals surface area (Å²) < 4.78 is 1.96. The smallest absolute Gasteiger partial charge is 0.169 e. The van der Waals surface area contributed by atoms with E-state index in [1.54, 1.807) is 13.4 Å². The van der Waals surface area contributed by atoms with Crippen LogP contribution < -0.4 is 11.2 Å². The Balaban J connectivity index is 2.13. The van der Waals surface area contributed by atoms with Crippen molar-refractivity contribution in [3.8, 4) is 0 Å². The van der Waals surface area contributed by atoms with E-state index in [-0.39, 0.29) is 0 Å². The van der Waals surface area contributed by atoms with Crippen molar-refractivity contribution in [1.29, 1.82) is 0 Å². The summed E-state index contributed by atoms with van der Waals surface area (Å²) in [6, 6.07) is 12.1. The summed E-state index contributed by atoms with van der Waals surface area (Å²) in [5.74, 6) is 0.361. The minimum Gasteiger partial charge on any atom is -0.380 e. The van der Waals surface area contributed by atoms with Gasteiger partial charge in [-0.1, -0.05) is 30.3 Å². The minimum absolute atomic E-state index is 0.361. The zero-order chi connectivity index (χ0) is 15.5. The fraction of sp³-hybridized carbons (Fsp3) is 0.188. The van der Waals surface area contributed by atoms with Gasteiger partial charge in [0, 0.05) is 20.5 Å². The molecule has 0 radical (unpaired) electrons. The maximum Gasteiger partial charge on any atom is 0.169 e. The number of pyridine rings is 1. The molecule has 6 nitrogen and oxygen atoms in total. The van der Waals surface area contributed by atoms with Crippen LogP contribution in [0.1, 0.15) is 17.0 Å². The lowest BCUT2D eigenvalue weighted by atomic mass is 10.1. The topological polar surface area (TPSA) is 81.1 Å². The van der Waals surface area contributed by atoms with Crippen LogP contribution >= 0.6 is 0 Å². The van der Waals surface area contributed by atoms with Crippen LogP contribution in [-0.2, 0) is 13.5 Å². The maximum absolute atomic E-state index is 5.97. The summed E-state index contributed by atoms with van der Waals surface area (Å²) in [5, 5.41) is 4.02. The molecule has 1 aromatic carbocycles. The van der Waals surface area contributed by atoms with E-state index in [0.717, 1.165) is 16.7 Å². The molecule has 3 aromatic rings. The van der Waals surface area contributed by atoms with E-state index in [1.165, 1.54) is 5.56 Å². The van der Waals surface area contributed by atoms with Gasteiger partial charge in [0.1, 0.15) is 11.2 Å². The van der Waals surface area contributed by atoms with Gasteiger partial charge < -0.3 is 15.7 Å². The van der Waals surface area contributed by atoms with Gasteiger partial charge in [-0.3, -0.25) is 0 Å². The Morgan fingerprint density at radius 1 is 1.32 bits per heavy atom. The lowest BCUT2D eigenvalue weighted by Crippen LogP contribution is -2.19. The van der Waals surface area contributed by atoms with Gasteiger partial charge in [0.05, 0.1) is 17.5 Å². The van der Waals surface area contributed by atoms with E-state index < -0.39 is 0 Å². The number of nitrogens with two attached hydrogens (primary N) is 1. The van der Waals surface area contributed by atoms with Crippen LogP contribution in [0.25, 0.3) is 11.0 Å². The fourth-order valence-corrected chi connectivity index (χ4v) is 2.41. The maximum atomic E-state index is 5.97. The van der Waals surface area contributed by atoms with Gasteiger partial charge >= 0.3 is 0 Å². The first kappa shape index (κ1) is 14.1. The number of rotatable bonds is 4. The molecule has 0 saturated carbocycles. The van der Waals surface area contributed by atoms with Crippen molar-refractivity contribution in [2.45, 2.75) is 6.42 Å². The van der Waals surface area contributed by atoms with Gasteiger partial charge in [0.25, 0.3) is 0 Å². The molecule has 0 saturated heterocycles. The van der Waals surface area contributed by atoms with E-state index in [2.05, 4.69) is 32.6 Å². The molecule has 0 aliphatic carbocycles. The Hall–Kier alpha value is -2.89. The Kier molecular flexibility index (Phi) is 3.74. The molecule has 0 aliphatic rings. The third-order valence-electron chi connectivity index (χ3n) is 3.49. The lowest BCUT2D eigenvalue weighted by Gasteiger charge is -2.07.